The number of nitrogens with one attached hydrogen (secondary N) is 3. The number of halogens is 1. The standard InChI is InChI=1S/C29H29FN4O4S/c30-22-4-2-1-3-21(22)16-39-17-25-28(35)32-24-14-20(6-7-23(24)31-25)29(36)34-11-9-33(10-12-34)15-19-5-8-26-27(13-19)38-18-37-26/h1-8,13-14,25,31H,9-12,15-18H2,(H,32,35)/p+1. The second-order valence-electron chi connectivity index (χ2n) is 9.96. The molecule has 1 saturated heterocycles. The zero-order valence-electron chi connectivity index (χ0n) is 21.4. The average Bonchev–Trinajstić information content (AvgIpc) is 3.42. The van der Waals surface area contributed by atoms with E-state index in [0.717, 1.165) is 36.8 Å². The van der Waals surface area contributed by atoms with Crippen LogP contribution < -0.4 is 25.0 Å². The van der Waals surface area contributed by atoms with Crippen LogP contribution in [0.25, 0.3) is 0 Å². The Labute approximate surface area is 230 Å². The molecular weight excluding hydrogens is 519 g/mol. The van der Waals surface area contributed by atoms with Crippen LogP contribution in [0.5, 0.6) is 11.5 Å². The van der Waals surface area contributed by atoms with Gasteiger partial charge in [0.25, 0.3) is 5.91 Å². The van der Waals surface area contributed by atoms with Gasteiger partial charge in [0.05, 0.1) is 37.6 Å². The summed E-state index contributed by atoms with van der Waals surface area (Å²) in [6.07, 6.45) is 0. The van der Waals surface area contributed by atoms with Gasteiger partial charge in [-0.2, -0.15) is 11.8 Å². The fourth-order valence-corrected chi connectivity index (χ4v) is 6.17. The topological polar surface area (TPSA) is 84.3 Å². The quantitative estimate of drug-likeness (QED) is 0.421. The molecule has 10 heteroatoms. The van der Waals surface area contributed by atoms with Crippen LogP contribution in [0.2, 0.25) is 0 Å². The fraction of sp³-hybridized carbons (Fsp3) is 0.310. The first-order valence-electron chi connectivity index (χ1n) is 13.1. The molecule has 3 aromatic carbocycles. The molecule has 202 valence electrons. The number of hydrogen-bond acceptors (Lipinski definition) is 6. The van der Waals surface area contributed by atoms with Crippen molar-refractivity contribution in [3.05, 3.63) is 83.2 Å². The van der Waals surface area contributed by atoms with Gasteiger partial charge in [-0.3, -0.25) is 9.59 Å². The van der Waals surface area contributed by atoms with E-state index in [-0.39, 0.29) is 24.4 Å². The molecule has 1 fully saturated rings. The molecule has 3 N–H and O–H groups in total. The molecule has 0 radical (unpaired) electrons. The van der Waals surface area contributed by atoms with E-state index in [0.29, 0.717) is 41.4 Å². The summed E-state index contributed by atoms with van der Waals surface area (Å²) in [6.45, 7) is 4.19. The molecule has 1 atom stereocenters. The Balaban J connectivity index is 1.01. The third-order valence-electron chi connectivity index (χ3n) is 7.32. The summed E-state index contributed by atoms with van der Waals surface area (Å²) in [6, 6.07) is 17.7. The Kier molecular flexibility index (Phi) is 7.30. The minimum Gasteiger partial charge on any atom is -0.454 e. The van der Waals surface area contributed by atoms with Crippen molar-refractivity contribution in [3.8, 4) is 11.5 Å². The van der Waals surface area contributed by atoms with E-state index >= 15 is 0 Å². The molecule has 3 heterocycles. The average molecular weight is 550 g/mol. The van der Waals surface area contributed by atoms with Crippen molar-refractivity contribution < 1.29 is 28.4 Å². The van der Waals surface area contributed by atoms with E-state index in [9.17, 15) is 14.0 Å². The number of carbonyl (C=O) groups is 2. The van der Waals surface area contributed by atoms with Crippen molar-refractivity contribution in [2.75, 3.05) is 49.4 Å². The van der Waals surface area contributed by atoms with E-state index < -0.39 is 6.04 Å². The first-order chi connectivity index (χ1) is 19.0. The monoisotopic (exact) mass is 549 g/mol. The largest absolute Gasteiger partial charge is 0.454 e. The number of quaternary nitrogens is 1. The number of thioether (sulfide) groups is 1. The molecule has 2 amide bonds. The summed E-state index contributed by atoms with van der Waals surface area (Å²) in [7, 11) is 0. The predicted molar refractivity (Wildman–Crippen MR) is 148 cm³/mol. The molecule has 0 bridgehead atoms. The van der Waals surface area contributed by atoms with Gasteiger partial charge in [0, 0.05) is 22.6 Å². The molecule has 1 unspecified atom stereocenters. The maximum Gasteiger partial charge on any atom is 0.254 e. The van der Waals surface area contributed by atoms with E-state index in [1.807, 2.05) is 29.2 Å². The number of fused-ring (bicyclic) bond motifs is 2. The second-order valence-corrected chi connectivity index (χ2v) is 11.0. The van der Waals surface area contributed by atoms with E-state index in [1.165, 1.54) is 28.3 Å². The molecule has 0 aromatic heterocycles. The lowest BCUT2D eigenvalue weighted by Crippen LogP contribution is -3.13. The normalized spacial score (nSPS) is 18.3. The van der Waals surface area contributed by atoms with Crippen molar-refractivity contribution in [2.24, 2.45) is 0 Å². The van der Waals surface area contributed by atoms with Gasteiger partial charge in [0.1, 0.15) is 18.4 Å². The van der Waals surface area contributed by atoms with Crippen molar-refractivity contribution in [2.45, 2.75) is 18.3 Å². The number of amides is 2. The van der Waals surface area contributed by atoms with Crippen molar-refractivity contribution in [1.82, 2.24) is 4.90 Å². The lowest BCUT2D eigenvalue weighted by Gasteiger charge is -2.33. The summed E-state index contributed by atoms with van der Waals surface area (Å²) >= 11 is 1.50. The lowest BCUT2D eigenvalue weighted by atomic mass is 10.1. The predicted octanol–water partition coefficient (Wildman–Crippen LogP) is 2.76. The van der Waals surface area contributed by atoms with Crippen LogP contribution in [0, 0.1) is 5.82 Å². The smallest absolute Gasteiger partial charge is 0.254 e. The molecule has 3 aromatic rings. The van der Waals surface area contributed by atoms with Gasteiger partial charge in [-0.15, -0.1) is 0 Å². The third-order valence-corrected chi connectivity index (χ3v) is 8.40. The van der Waals surface area contributed by atoms with Gasteiger partial charge in [-0.05, 0) is 48.0 Å². The van der Waals surface area contributed by atoms with E-state index in [1.54, 1.807) is 24.3 Å². The third kappa shape index (κ3) is 5.67. The van der Waals surface area contributed by atoms with Crippen LogP contribution in [0.4, 0.5) is 15.8 Å². The van der Waals surface area contributed by atoms with Crippen LogP contribution in [0.15, 0.2) is 60.7 Å². The Morgan fingerprint density at radius 3 is 2.69 bits per heavy atom. The second kappa shape index (κ2) is 11.2. The molecule has 0 spiro atoms. The van der Waals surface area contributed by atoms with Gasteiger partial charge >= 0.3 is 0 Å². The van der Waals surface area contributed by atoms with Crippen LogP contribution in [-0.2, 0) is 17.1 Å². The first-order valence-corrected chi connectivity index (χ1v) is 14.2. The van der Waals surface area contributed by atoms with E-state index in [4.69, 9.17) is 9.47 Å². The number of benzene rings is 3. The van der Waals surface area contributed by atoms with Crippen LogP contribution >= 0.6 is 11.8 Å². The van der Waals surface area contributed by atoms with Gasteiger partial charge in [0.15, 0.2) is 11.5 Å². The van der Waals surface area contributed by atoms with Crippen LogP contribution in [0.3, 0.4) is 0 Å². The molecule has 0 saturated carbocycles. The first kappa shape index (κ1) is 25.5. The van der Waals surface area contributed by atoms with Gasteiger partial charge in [-0.25, -0.2) is 4.39 Å². The summed E-state index contributed by atoms with van der Waals surface area (Å²) in [4.78, 5) is 29.3. The van der Waals surface area contributed by atoms with Crippen molar-refractivity contribution in [3.63, 3.8) is 0 Å². The molecule has 6 rings (SSSR count). The molecule has 8 nitrogen and oxygen atoms in total. The molecule has 3 aliphatic rings. The molecule has 0 aliphatic carbocycles. The highest BCUT2D eigenvalue weighted by molar-refractivity contribution is 7.98. The minimum absolute atomic E-state index is 0.0308. The number of carbonyl (C=O) groups excluding carboxylic acids is 2. The highest BCUT2D eigenvalue weighted by atomic mass is 32.2. The van der Waals surface area contributed by atoms with Crippen molar-refractivity contribution >= 4 is 35.0 Å². The van der Waals surface area contributed by atoms with Crippen molar-refractivity contribution in [1.29, 1.82) is 0 Å². The van der Waals surface area contributed by atoms with Gasteiger partial charge in [0.2, 0.25) is 12.7 Å². The van der Waals surface area contributed by atoms with Gasteiger partial charge < -0.3 is 29.9 Å². The van der Waals surface area contributed by atoms with Crippen LogP contribution in [0.1, 0.15) is 21.5 Å². The Hall–Kier alpha value is -3.76. The molecule has 39 heavy (non-hydrogen) atoms. The zero-order valence-corrected chi connectivity index (χ0v) is 22.2. The van der Waals surface area contributed by atoms with E-state index in [2.05, 4.69) is 16.7 Å². The number of rotatable bonds is 7. The maximum atomic E-state index is 13.9. The Bertz CT molecular complexity index is 1400. The lowest BCUT2D eigenvalue weighted by molar-refractivity contribution is -0.917. The molecule has 3 aliphatic heterocycles. The van der Waals surface area contributed by atoms with Crippen LogP contribution in [-0.4, -0.2) is 61.5 Å². The number of hydrogen-bond donors (Lipinski definition) is 3. The maximum absolute atomic E-state index is 13.9. The summed E-state index contributed by atoms with van der Waals surface area (Å²) in [5.41, 5.74) is 3.75. The summed E-state index contributed by atoms with van der Waals surface area (Å²) in [5.74, 6) is 2.15. The fourth-order valence-electron chi connectivity index (χ4n) is 5.12. The number of anilines is 2. The number of nitrogens with zero attached hydrogens (tertiary/aromatic N) is 1. The van der Waals surface area contributed by atoms with Gasteiger partial charge in [-0.1, -0.05) is 18.2 Å². The minimum atomic E-state index is -0.434. The molecular formula is C29H30FN4O4S+. The highest BCUT2D eigenvalue weighted by Crippen LogP contribution is 2.32. The highest BCUT2D eigenvalue weighted by Gasteiger charge is 2.29. The zero-order chi connectivity index (χ0) is 26.8. The number of ether oxygens (including phenoxy) is 2. The Morgan fingerprint density at radius 2 is 1.85 bits per heavy atom. The Morgan fingerprint density at radius 1 is 1.03 bits per heavy atom. The SMILES string of the molecule is O=C1Nc2cc(C(=O)N3CC[NH+](Cc4ccc5c(c4)OCO5)CC3)ccc2NC1CSCc1ccccc1F. The summed E-state index contributed by atoms with van der Waals surface area (Å²) < 4.78 is 24.7. The number of piperazine rings is 1. The summed E-state index contributed by atoms with van der Waals surface area (Å²) in [5, 5.41) is 6.20.